The van der Waals surface area contributed by atoms with Crippen molar-refractivity contribution in [2.75, 3.05) is 19.9 Å². The number of hydrogen-bond acceptors (Lipinski definition) is 5. The molecule has 1 N–H and O–H groups in total. The van der Waals surface area contributed by atoms with Gasteiger partial charge in [0.2, 0.25) is 6.79 Å². The van der Waals surface area contributed by atoms with Gasteiger partial charge in [-0.05, 0) is 73.7 Å². The number of unbranched alkanes of at least 4 members (excludes halogenated alkanes) is 1. The molecule has 5 rings (SSSR count). The van der Waals surface area contributed by atoms with E-state index in [9.17, 15) is 0 Å². The zero-order valence-corrected chi connectivity index (χ0v) is 17.9. The molecular weight excluding hydrogens is 388 g/mol. The molecule has 2 heterocycles. The van der Waals surface area contributed by atoms with Gasteiger partial charge in [-0.25, -0.2) is 0 Å². The summed E-state index contributed by atoms with van der Waals surface area (Å²) in [6.45, 7) is 2.07. The molecular formula is C26H30N2O3. The molecule has 0 unspecified atom stereocenters. The van der Waals surface area contributed by atoms with Crippen LogP contribution < -0.4 is 19.5 Å². The Hall–Kier alpha value is -2.79. The number of hydrogen-bond donors (Lipinski definition) is 1. The number of nitrogens with one attached hydrogen (secondary N) is 1. The van der Waals surface area contributed by atoms with Gasteiger partial charge < -0.3 is 19.5 Å². The lowest BCUT2D eigenvalue weighted by molar-refractivity contribution is 0.174. The molecule has 162 valence electrons. The fourth-order valence-electron chi connectivity index (χ4n) is 4.60. The van der Waals surface area contributed by atoms with Gasteiger partial charge in [-0.2, -0.15) is 0 Å². The van der Waals surface area contributed by atoms with Gasteiger partial charge in [0, 0.05) is 17.6 Å². The molecule has 5 nitrogen and oxygen atoms in total. The van der Waals surface area contributed by atoms with E-state index in [1.54, 1.807) is 0 Å². The zero-order valence-electron chi connectivity index (χ0n) is 17.9. The van der Waals surface area contributed by atoms with E-state index in [1.165, 1.54) is 32.1 Å². The molecule has 1 saturated carbocycles. The van der Waals surface area contributed by atoms with E-state index in [0.717, 1.165) is 64.7 Å². The number of fused-ring (bicyclic) bond motifs is 2. The van der Waals surface area contributed by atoms with Crippen molar-refractivity contribution >= 4 is 10.9 Å². The predicted octanol–water partition coefficient (Wildman–Crippen LogP) is 5.71. The van der Waals surface area contributed by atoms with Crippen LogP contribution in [0.1, 0.15) is 44.9 Å². The molecule has 0 saturated heterocycles. The van der Waals surface area contributed by atoms with Crippen LogP contribution in [0.2, 0.25) is 0 Å². The molecule has 1 aliphatic heterocycles. The molecule has 3 aromatic rings. The van der Waals surface area contributed by atoms with Crippen molar-refractivity contribution in [1.82, 2.24) is 10.3 Å². The highest BCUT2D eigenvalue weighted by atomic mass is 16.7. The van der Waals surface area contributed by atoms with Crippen molar-refractivity contribution < 1.29 is 14.2 Å². The molecule has 0 bridgehead atoms. The standard InChI is InChI=1S/C26H30N2O3/c1-2-7-20(8-3-1)27-14-4-5-16-29-24-13-11-21(22-9-6-15-28-26(22)24)19-10-12-23-25(17-19)31-18-30-23/h6,9-13,15,17,20,27H,1-5,7-8,14,16,18H2. The lowest BCUT2D eigenvalue weighted by Crippen LogP contribution is -2.31. The lowest BCUT2D eigenvalue weighted by atomic mass is 9.95. The first-order valence-electron chi connectivity index (χ1n) is 11.5. The first kappa shape index (κ1) is 20.1. The normalized spacial score (nSPS) is 16.0. The van der Waals surface area contributed by atoms with E-state index in [1.807, 2.05) is 30.5 Å². The molecule has 31 heavy (non-hydrogen) atoms. The van der Waals surface area contributed by atoms with E-state index in [2.05, 4.69) is 28.5 Å². The van der Waals surface area contributed by atoms with E-state index in [-0.39, 0.29) is 6.79 Å². The lowest BCUT2D eigenvalue weighted by Gasteiger charge is -2.22. The predicted molar refractivity (Wildman–Crippen MR) is 123 cm³/mol. The van der Waals surface area contributed by atoms with Crippen LogP contribution in [0.25, 0.3) is 22.0 Å². The summed E-state index contributed by atoms with van der Waals surface area (Å²) in [4.78, 5) is 4.62. The fourth-order valence-corrected chi connectivity index (χ4v) is 4.60. The summed E-state index contributed by atoms with van der Waals surface area (Å²) in [5.41, 5.74) is 3.10. The summed E-state index contributed by atoms with van der Waals surface area (Å²) in [5.74, 6) is 2.43. The largest absolute Gasteiger partial charge is 0.491 e. The summed E-state index contributed by atoms with van der Waals surface area (Å²) in [6.07, 6.45) is 10.8. The number of pyridine rings is 1. The van der Waals surface area contributed by atoms with Crippen LogP contribution in [0.5, 0.6) is 17.2 Å². The molecule has 2 aromatic carbocycles. The van der Waals surface area contributed by atoms with Crippen molar-refractivity contribution in [1.29, 1.82) is 0 Å². The van der Waals surface area contributed by atoms with Crippen molar-refractivity contribution in [2.24, 2.45) is 0 Å². The smallest absolute Gasteiger partial charge is 0.231 e. The second-order valence-electron chi connectivity index (χ2n) is 8.42. The summed E-state index contributed by atoms with van der Waals surface area (Å²) in [5, 5.41) is 4.79. The minimum Gasteiger partial charge on any atom is -0.491 e. The van der Waals surface area contributed by atoms with Crippen molar-refractivity contribution in [3.05, 3.63) is 48.7 Å². The Morgan fingerprint density at radius 2 is 1.87 bits per heavy atom. The van der Waals surface area contributed by atoms with E-state index < -0.39 is 0 Å². The molecule has 2 aliphatic rings. The van der Waals surface area contributed by atoms with Crippen LogP contribution in [0, 0.1) is 0 Å². The maximum Gasteiger partial charge on any atom is 0.231 e. The second kappa shape index (κ2) is 9.56. The highest BCUT2D eigenvalue weighted by Gasteiger charge is 2.16. The number of benzene rings is 2. The Labute approximate surface area is 183 Å². The van der Waals surface area contributed by atoms with Gasteiger partial charge in [-0.15, -0.1) is 0 Å². The Kier molecular flexibility index (Phi) is 6.21. The maximum atomic E-state index is 6.14. The molecule has 0 radical (unpaired) electrons. The number of ether oxygens (including phenoxy) is 3. The molecule has 1 fully saturated rings. The van der Waals surface area contributed by atoms with Gasteiger partial charge in [0.25, 0.3) is 0 Å². The summed E-state index contributed by atoms with van der Waals surface area (Å²) < 4.78 is 17.1. The SMILES string of the molecule is c1cnc2c(OCCCCNC3CCCCC3)ccc(-c3ccc4c(c3)OCO4)c2c1. The number of nitrogens with zero attached hydrogens (tertiary/aromatic N) is 1. The summed E-state index contributed by atoms with van der Waals surface area (Å²) >= 11 is 0. The molecule has 0 spiro atoms. The highest BCUT2D eigenvalue weighted by molar-refractivity contribution is 5.98. The van der Waals surface area contributed by atoms with Crippen LogP contribution in [-0.2, 0) is 0 Å². The van der Waals surface area contributed by atoms with E-state index in [4.69, 9.17) is 14.2 Å². The van der Waals surface area contributed by atoms with Crippen molar-refractivity contribution in [3.63, 3.8) is 0 Å². The first-order valence-corrected chi connectivity index (χ1v) is 11.5. The molecule has 1 aromatic heterocycles. The Balaban J connectivity index is 1.23. The minimum atomic E-state index is 0.282. The monoisotopic (exact) mass is 418 g/mol. The summed E-state index contributed by atoms with van der Waals surface area (Å²) in [6, 6.07) is 15.0. The van der Waals surface area contributed by atoms with Crippen LogP contribution in [0.4, 0.5) is 0 Å². The summed E-state index contributed by atoms with van der Waals surface area (Å²) in [7, 11) is 0. The molecule has 0 atom stereocenters. The average Bonchev–Trinajstić information content (AvgIpc) is 3.30. The highest BCUT2D eigenvalue weighted by Crippen LogP contribution is 2.39. The van der Waals surface area contributed by atoms with Gasteiger partial charge in [0.15, 0.2) is 11.5 Å². The Morgan fingerprint density at radius 1 is 0.968 bits per heavy atom. The fraction of sp³-hybridized carbons (Fsp3) is 0.423. The van der Waals surface area contributed by atoms with Crippen molar-refractivity contribution in [3.8, 4) is 28.4 Å². The third kappa shape index (κ3) is 4.62. The van der Waals surface area contributed by atoms with Crippen LogP contribution in [-0.4, -0.2) is 31.0 Å². The maximum absolute atomic E-state index is 6.14. The third-order valence-electron chi connectivity index (χ3n) is 6.28. The average molecular weight is 419 g/mol. The quantitative estimate of drug-likeness (QED) is 0.475. The first-order chi connectivity index (χ1) is 15.4. The third-order valence-corrected chi connectivity index (χ3v) is 6.28. The van der Waals surface area contributed by atoms with Gasteiger partial charge in [-0.3, -0.25) is 4.98 Å². The molecule has 1 aliphatic carbocycles. The van der Waals surface area contributed by atoms with Gasteiger partial charge in [0.05, 0.1) is 6.61 Å². The van der Waals surface area contributed by atoms with Crippen molar-refractivity contribution in [2.45, 2.75) is 51.0 Å². The topological polar surface area (TPSA) is 52.6 Å². The molecule has 5 heteroatoms. The number of rotatable bonds is 8. The Morgan fingerprint density at radius 3 is 2.81 bits per heavy atom. The van der Waals surface area contributed by atoms with E-state index >= 15 is 0 Å². The van der Waals surface area contributed by atoms with Crippen LogP contribution >= 0.6 is 0 Å². The van der Waals surface area contributed by atoms with Gasteiger partial charge in [0.1, 0.15) is 11.3 Å². The second-order valence-corrected chi connectivity index (χ2v) is 8.42. The van der Waals surface area contributed by atoms with Gasteiger partial charge in [-0.1, -0.05) is 31.4 Å². The van der Waals surface area contributed by atoms with E-state index in [0.29, 0.717) is 6.61 Å². The minimum absolute atomic E-state index is 0.282. The van der Waals surface area contributed by atoms with Gasteiger partial charge >= 0.3 is 0 Å². The molecule has 0 amide bonds. The zero-order chi connectivity index (χ0) is 20.9. The van der Waals surface area contributed by atoms with Crippen LogP contribution in [0.15, 0.2) is 48.7 Å². The van der Waals surface area contributed by atoms with Crippen LogP contribution in [0.3, 0.4) is 0 Å². The Bertz CT molecular complexity index is 1030. The number of aromatic nitrogens is 1.